The molecule has 0 radical (unpaired) electrons. The normalized spacial score (nSPS) is 23.6. The van der Waals surface area contributed by atoms with Crippen LogP contribution in [-0.4, -0.2) is 39.8 Å². The van der Waals surface area contributed by atoms with Crippen LogP contribution in [0, 0.1) is 18.3 Å². The second-order valence-electron chi connectivity index (χ2n) is 9.52. The van der Waals surface area contributed by atoms with Crippen LogP contribution in [-0.2, 0) is 9.59 Å². The van der Waals surface area contributed by atoms with Crippen LogP contribution in [0.4, 0.5) is 9.93 Å². The number of thiophene rings is 1. The van der Waals surface area contributed by atoms with Gasteiger partial charge in [0.2, 0.25) is 5.91 Å². The van der Waals surface area contributed by atoms with Crippen LogP contribution in [0.15, 0.2) is 17.5 Å². The van der Waals surface area contributed by atoms with Crippen molar-refractivity contribution in [2.45, 2.75) is 65.3 Å². The molecular formula is C23H30N4O3S2. The van der Waals surface area contributed by atoms with Crippen LogP contribution in [0.2, 0.25) is 0 Å². The molecule has 2 N–H and O–H groups in total. The molecule has 0 atom stereocenters. The van der Waals surface area contributed by atoms with Gasteiger partial charge in [0.1, 0.15) is 12.1 Å². The summed E-state index contributed by atoms with van der Waals surface area (Å²) in [5, 5.41) is 7.98. The minimum Gasteiger partial charge on any atom is -0.323 e. The fourth-order valence-corrected chi connectivity index (χ4v) is 6.29. The van der Waals surface area contributed by atoms with Gasteiger partial charge in [-0.25, -0.2) is 9.78 Å². The molecule has 2 aliphatic rings. The quantitative estimate of drug-likeness (QED) is 0.574. The summed E-state index contributed by atoms with van der Waals surface area (Å²) in [5.74, 6) is -0.166. The Hall–Kier alpha value is -2.26. The van der Waals surface area contributed by atoms with Crippen molar-refractivity contribution in [1.82, 2.24) is 15.2 Å². The summed E-state index contributed by atoms with van der Waals surface area (Å²) in [6, 6.07) is 3.55. The fraction of sp³-hybridized carbons (Fsp3) is 0.565. The maximum Gasteiger partial charge on any atom is 0.325 e. The summed E-state index contributed by atoms with van der Waals surface area (Å²) < 4.78 is 0. The van der Waals surface area contributed by atoms with Crippen molar-refractivity contribution in [3.63, 3.8) is 0 Å². The van der Waals surface area contributed by atoms with Crippen molar-refractivity contribution in [3.05, 3.63) is 22.4 Å². The third kappa shape index (κ3) is 4.32. The highest BCUT2D eigenvalue weighted by molar-refractivity contribution is 7.17. The first-order valence-electron chi connectivity index (χ1n) is 11.1. The largest absolute Gasteiger partial charge is 0.325 e. The van der Waals surface area contributed by atoms with Gasteiger partial charge >= 0.3 is 6.03 Å². The second-order valence-corrected chi connectivity index (χ2v) is 11.7. The molecule has 0 unspecified atom stereocenters. The molecule has 7 nitrogen and oxygen atoms in total. The third-order valence-electron chi connectivity index (χ3n) is 7.15. The molecule has 4 rings (SSSR count). The molecular weight excluding hydrogens is 444 g/mol. The van der Waals surface area contributed by atoms with E-state index >= 15 is 0 Å². The monoisotopic (exact) mass is 474 g/mol. The van der Waals surface area contributed by atoms with Crippen LogP contribution < -0.4 is 10.6 Å². The maximum atomic E-state index is 13.1. The lowest BCUT2D eigenvalue weighted by Gasteiger charge is -2.42. The third-order valence-corrected chi connectivity index (χ3v) is 8.93. The van der Waals surface area contributed by atoms with Crippen molar-refractivity contribution in [2.75, 3.05) is 11.9 Å². The number of aromatic nitrogens is 1. The highest BCUT2D eigenvalue weighted by Crippen LogP contribution is 2.45. The van der Waals surface area contributed by atoms with Crippen LogP contribution in [0.5, 0.6) is 0 Å². The van der Waals surface area contributed by atoms with Crippen LogP contribution in [0.1, 0.15) is 57.8 Å². The summed E-state index contributed by atoms with van der Waals surface area (Å²) in [7, 11) is 0. The zero-order valence-electron chi connectivity index (χ0n) is 19.0. The van der Waals surface area contributed by atoms with Crippen LogP contribution in [0.3, 0.4) is 0 Å². The van der Waals surface area contributed by atoms with Crippen molar-refractivity contribution in [2.24, 2.45) is 11.3 Å². The van der Waals surface area contributed by atoms with Crippen LogP contribution in [0.25, 0.3) is 10.6 Å². The molecule has 0 bridgehead atoms. The smallest absolute Gasteiger partial charge is 0.323 e. The number of amides is 4. The first-order chi connectivity index (χ1) is 15.1. The van der Waals surface area contributed by atoms with Gasteiger partial charge in [0, 0.05) is 10.3 Å². The Balaban J connectivity index is 1.37. The maximum absolute atomic E-state index is 13.1. The van der Waals surface area contributed by atoms with Gasteiger partial charge in [-0.05, 0) is 56.1 Å². The number of hydrogen-bond acceptors (Lipinski definition) is 6. The number of aryl methyl sites for hydroxylation is 1. The summed E-state index contributed by atoms with van der Waals surface area (Å²) >= 11 is 2.97. The number of rotatable bonds is 6. The summed E-state index contributed by atoms with van der Waals surface area (Å²) in [4.78, 5) is 46.1. The molecule has 1 saturated heterocycles. The Bertz CT molecular complexity index is 1030. The lowest BCUT2D eigenvalue weighted by molar-refractivity contribution is -0.135. The standard InChI is InChI=1S/C23H30N4O3S2/c1-5-22(3,4)15-8-10-23(11-9-15)19(29)27(21(30)26-23)12-18(28)25-20-24-16(13-31-20)17-7-6-14(2)32-17/h6-7,13,15H,5,8-12H2,1-4H3,(H,26,30)(H,24,25,28). The molecule has 0 aromatic carbocycles. The van der Waals surface area contributed by atoms with Gasteiger partial charge in [0.15, 0.2) is 5.13 Å². The number of anilines is 1. The Labute approximate surface area is 196 Å². The van der Waals surface area contributed by atoms with E-state index in [4.69, 9.17) is 0 Å². The van der Waals surface area contributed by atoms with Gasteiger partial charge in [0.25, 0.3) is 5.91 Å². The highest BCUT2D eigenvalue weighted by atomic mass is 32.1. The Morgan fingerprint density at radius 1 is 1.31 bits per heavy atom. The van der Waals surface area contributed by atoms with E-state index in [0.717, 1.165) is 34.7 Å². The average Bonchev–Trinajstić information content (AvgIpc) is 3.44. The molecule has 1 spiro atoms. The number of urea groups is 1. The van der Waals surface area contributed by atoms with E-state index in [9.17, 15) is 14.4 Å². The summed E-state index contributed by atoms with van der Waals surface area (Å²) in [6.07, 6.45) is 4.13. The van der Waals surface area contributed by atoms with E-state index in [2.05, 4.69) is 36.4 Å². The summed E-state index contributed by atoms with van der Waals surface area (Å²) in [5.41, 5.74) is 0.175. The predicted octanol–water partition coefficient (Wildman–Crippen LogP) is 5.04. The predicted molar refractivity (Wildman–Crippen MR) is 128 cm³/mol. The molecule has 1 aliphatic heterocycles. The molecule has 3 heterocycles. The number of imide groups is 1. The van der Waals surface area contributed by atoms with Gasteiger partial charge in [-0.15, -0.1) is 22.7 Å². The van der Waals surface area contributed by atoms with Gasteiger partial charge in [0.05, 0.1) is 10.6 Å². The topological polar surface area (TPSA) is 91.4 Å². The van der Waals surface area contributed by atoms with Gasteiger partial charge in [-0.1, -0.05) is 27.2 Å². The van der Waals surface area contributed by atoms with E-state index in [-0.39, 0.29) is 17.9 Å². The Morgan fingerprint density at radius 2 is 2.03 bits per heavy atom. The lowest BCUT2D eigenvalue weighted by atomic mass is 9.65. The van der Waals surface area contributed by atoms with E-state index in [1.165, 1.54) is 16.2 Å². The van der Waals surface area contributed by atoms with Crippen molar-refractivity contribution in [3.8, 4) is 10.6 Å². The minimum atomic E-state index is -0.858. The molecule has 1 aliphatic carbocycles. The fourth-order valence-electron chi connectivity index (χ4n) is 4.66. The van der Waals surface area contributed by atoms with Gasteiger partial charge in [-0.2, -0.15) is 0 Å². The number of carbonyl (C=O) groups is 3. The SMILES string of the molecule is CCC(C)(C)C1CCC2(CC1)NC(=O)N(CC(=O)Nc1nc(-c3ccc(C)s3)cs1)C2=O. The Kier molecular flexibility index (Phi) is 6.15. The number of nitrogens with zero attached hydrogens (tertiary/aromatic N) is 2. The number of nitrogens with one attached hydrogen (secondary N) is 2. The van der Waals surface area contributed by atoms with E-state index < -0.39 is 17.5 Å². The molecule has 2 fully saturated rings. The zero-order chi connectivity index (χ0) is 23.1. The molecule has 2 aromatic heterocycles. The molecule has 2 aromatic rings. The van der Waals surface area contributed by atoms with Gasteiger partial charge in [-0.3, -0.25) is 14.5 Å². The van der Waals surface area contributed by atoms with Crippen LogP contribution >= 0.6 is 22.7 Å². The average molecular weight is 475 g/mol. The number of carbonyl (C=O) groups excluding carboxylic acids is 3. The zero-order valence-corrected chi connectivity index (χ0v) is 20.6. The minimum absolute atomic E-state index is 0.223. The van der Waals surface area contributed by atoms with E-state index in [0.29, 0.717) is 23.9 Å². The number of hydrogen-bond donors (Lipinski definition) is 2. The first-order valence-corrected chi connectivity index (χ1v) is 12.8. The molecule has 1 saturated carbocycles. The second kappa shape index (κ2) is 8.59. The van der Waals surface area contributed by atoms with E-state index in [1.54, 1.807) is 11.3 Å². The van der Waals surface area contributed by atoms with Gasteiger partial charge < -0.3 is 10.6 Å². The molecule has 4 amide bonds. The molecule has 9 heteroatoms. The molecule has 32 heavy (non-hydrogen) atoms. The van der Waals surface area contributed by atoms with Crippen molar-refractivity contribution < 1.29 is 14.4 Å². The summed E-state index contributed by atoms with van der Waals surface area (Å²) in [6.45, 7) is 8.46. The van der Waals surface area contributed by atoms with E-state index in [1.807, 2.05) is 24.4 Å². The highest BCUT2D eigenvalue weighted by Gasteiger charge is 2.53. The Morgan fingerprint density at radius 3 is 2.66 bits per heavy atom. The van der Waals surface area contributed by atoms with Crippen molar-refractivity contribution >= 4 is 45.7 Å². The lowest BCUT2D eigenvalue weighted by Crippen LogP contribution is -2.51. The first kappa shape index (κ1) is 22.9. The number of thiazole rings is 1. The molecule has 172 valence electrons. The van der Waals surface area contributed by atoms with Crippen molar-refractivity contribution in [1.29, 1.82) is 0 Å².